The third kappa shape index (κ3) is 5.83. The first-order valence-corrected chi connectivity index (χ1v) is 10.4. The number of nitrogen functional groups attached to an aromatic ring is 1. The van der Waals surface area contributed by atoms with Gasteiger partial charge in [0.2, 0.25) is 11.1 Å². The van der Waals surface area contributed by atoms with E-state index in [4.69, 9.17) is 5.84 Å². The van der Waals surface area contributed by atoms with E-state index in [1.54, 1.807) is 0 Å². The summed E-state index contributed by atoms with van der Waals surface area (Å²) in [6.45, 7) is 0. The summed E-state index contributed by atoms with van der Waals surface area (Å²) in [5, 5.41) is 10.3. The lowest BCUT2D eigenvalue weighted by atomic mass is 9.89. The van der Waals surface area contributed by atoms with Gasteiger partial charge in [0.05, 0.1) is 16.9 Å². The topological polar surface area (TPSA) is 85.8 Å². The van der Waals surface area contributed by atoms with Crippen LogP contribution in [0, 0.1) is 0 Å². The van der Waals surface area contributed by atoms with Crippen LogP contribution in [0.3, 0.4) is 0 Å². The first-order valence-electron chi connectivity index (χ1n) is 9.37. The van der Waals surface area contributed by atoms with Crippen molar-refractivity contribution in [2.24, 2.45) is 0 Å². The maximum Gasteiger partial charge on any atom is 0.416 e. The van der Waals surface area contributed by atoms with Gasteiger partial charge in [-0.2, -0.15) is 26.3 Å². The number of alkyl halides is 6. The third-order valence-electron chi connectivity index (χ3n) is 4.87. The van der Waals surface area contributed by atoms with Crippen LogP contribution in [-0.4, -0.2) is 26.5 Å². The highest BCUT2D eigenvalue weighted by atomic mass is 32.2. The molecular weight excluding hydrogens is 448 g/mol. The van der Waals surface area contributed by atoms with Gasteiger partial charge in [-0.25, -0.2) is 4.68 Å². The van der Waals surface area contributed by atoms with Crippen LogP contribution in [0.5, 0.6) is 0 Å². The second kappa shape index (κ2) is 8.97. The number of rotatable bonds is 5. The molecule has 2 aromatic rings. The maximum absolute atomic E-state index is 12.9. The number of halogens is 6. The SMILES string of the molecule is Nn1c(SCC(=O)Nc2cc(C(F)(F)F)cc(C(F)(F)F)c2)nnc1C1CCCCC1. The van der Waals surface area contributed by atoms with E-state index in [1.165, 1.54) is 4.68 Å². The van der Waals surface area contributed by atoms with Crippen LogP contribution in [-0.2, 0) is 17.1 Å². The average molecular weight is 467 g/mol. The van der Waals surface area contributed by atoms with Gasteiger partial charge >= 0.3 is 12.4 Å². The number of amides is 1. The molecule has 1 saturated carbocycles. The van der Waals surface area contributed by atoms with Crippen LogP contribution < -0.4 is 11.2 Å². The first kappa shape index (κ1) is 23.2. The molecule has 0 aliphatic heterocycles. The second-order valence-corrected chi connectivity index (χ2v) is 8.12. The third-order valence-corrected chi connectivity index (χ3v) is 5.81. The fraction of sp³-hybridized carbons (Fsp3) is 0.500. The van der Waals surface area contributed by atoms with Crippen LogP contribution in [0.25, 0.3) is 0 Å². The molecule has 1 heterocycles. The molecule has 0 spiro atoms. The van der Waals surface area contributed by atoms with Crippen LogP contribution in [0.2, 0.25) is 0 Å². The minimum atomic E-state index is -5.00. The maximum atomic E-state index is 12.9. The predicted octanol–water partition coefficient (Wildman–Crippen LogP) is 4.81. The van der Waals surface area contributed by atoms with E-state index < -0.39 is 35.1 Å². The van der Waals surface area contributed by atoms with E-state index in [2.05, 4.69) is 15.5 Å². The summed E-state index contributed by atoms with van der Waals surface area (Å²) in [5.74, 6) is 5.63. The summed E-state index contributed by atoms with van der Waals surface area (Å²) in [5.41, 5.74) is -3.63. The van der Waals surface area contributed by atoms with Gasteiger partial charge in [0.25, 0.3) is 0 Å². The molecule has 13 heteroatoms. The average Bonchev–Trinajstić information content (AvgIpc) is 3.06. The summed E-state index contributed by atoms with van der Waals surface area (Å²) < 4.78 is 78.8. The standard InChI is InChI=1S/C18H19F6N5OS/c19-17(20,21)11-6-12(18(22,23)24)8-13(7-11)26-14(30)9-31-16-28-27-15(29(16)25)10-4-2-1-3-5-10/h6-8,10H,1-5,9,25H2,(H,26,30). The highest BCUT2D eigenvalue weighted by Gasteiger charge is 2.37. The van der Waals surface area contributed by atoms with E-state index in [9.17, 15) is 31.1 Å². The Morgan fingerprint density at radius 3 is 2.16 bits per heavy atom. The predicted molar refractivity (Wildman–Crippen MR) is 102 cm³/mol. The smallest absolute Gasteiger partial charge is 0.336 e. The van der Waals surface area contributed by atoms with Gasteiger partial charge in [-0.05, 0) is 31.0 Å². The number of hydrogen-bond donors (Lipinski definition) is 2. The molecule has 31 heavy (non-hydrogen) atoms. The molecule has 1 aromatic heterocycles. The highest BCUT2D eigenvalue weighted by molar-refractivity contribution is 7.99. The van der Waals surface area contributed by atoms with Gasteiger partial charge in [-0.1, -0.05) is 31.0 Å². The first-order chi connectivity index (χ1) is 14.4. The van der Waals surface area contributed by atoms with Crippen molar-refractivity contribution in [2.45, 2.75) is 55.5 Å². The lowest BCUT2D eigenvalue weighted by molar-refractivity contribution is -0.143. The molecule has 3 rings (SSSR count). The highest BCUT2D eigenvalue weighted by Crippen LogP contribution is 2.37. The zero-order chi connectivity index (χ0) is 22.8. The molecule has 1 aromatic carbocycles. The van der Waals surface area contributed by atoms with Crippen LogP contribution in [0.4, 0.5) is 32.0 Å². The molecule has 1 fully saturated rings. The number of benzene rings is 1. The Hall–Kier alpha value is -2.44. The Labute approximate surface area is 177 Å². The molecule has 0 radical (unpaired) electrons. The Bertz CT molecular complexity index is 904. The van der Waals surface area contributed by atoms with Crippen LogP contribution >= 0.6 is 11.8 Å². The van der Waals surface area contributed by atoms with Crippen molar-refractivity contribution < 1.29 is 31.1 Å². The Morgan fingerprint density at radius 1 is 1.03 bits per heavy atom. The Morgan fingerprint density at radius 2 is 1.61 bits per heavy atom. The molecule has 3 N–H and O–H groups in total. The molecule has 170 valence electrons. The molecule has 0 saturated heterocycles. The van der Waals surface area contributed by atoms with Gasteiger partial charge < -0.3 is 11.2 Å². The lowest BCUT2D eigenvalue weighted by Gasteiger charge is -2.20. The normalized spacial score (nSPS) is 15.8. The number of nitrogens with one attached hydrogen (secondary N) is 1. The van der Waals surface area contributed by atoms with Crippen molar-refractivity contribution in [1.82, 2.24) is 14.9 Å². The largest absolute Gasteiger partial charge is 0.416 e. The van der Waals surface area contributed by atoms with Gasteiger partial charge in [0.15, 0.2) is 5.82 Å². The molecule has 0 bridgehead atoms. The van der Waals surface area contributed by atoms with Gasteiger partial charge in [0, 0.05) is 11.6 Å². The molecule has 0 unspecified atom stereocenters. The Kier molecular flexibility index (Phi) is 6.72. The zero-order valence-electron chi connectivity index (χ0n) is 16.1. The second-order valence-electron chi connectivity index (χ2n) is 7.18. The van der Waals surface area contributed by atoms with Crippen molar-refractivity contribution in [2.75, 3.05) is 16.9 Å². The minimum Gasteiger partial charge on any atom is -0.336 e. The van der Waals surface area contributed by atoms with Crippen molar-refractivity contribution in [1.29, 1.82) is 0 Å². The van der Waals surface area contributed by atoms with Crippen LogP contribution in [0.15, 0.2) is 23.4 Å². The van der Waals surface area contributed by atoms with Crippen molar-refractivity contribution in [3.05, 3.63) is 35.2 Å². The van der Waals surface area contributed by atoms with E-state index in [0.717, 1.165) is 43.9 Å². The number of carbonyl (C=O) groups is 1. The number of thioether (sulfide) groups is 1. The molecule has 6 nitrogen and oxygen atoms in total. The summed E-state index contributed by atoms with van der Waals surface area (Å²) in [7, 11) is 0. The molecular formula is C18H19F6N5OS. The fourth-order valence-electron chi connectivity index (χ4n) is 3.38. The summed E-state index contributed by atoms with van der Waals surface area (Å²) >= 11 is 0.887. The monoisotopic (exact) mass is 467 g/mol. The molecule has 1 aliphatic rings. The molecule has 1 aliphatic carbocycles. The summed E-state index contributed by atoms with van der Waals surface area (Å²) in [6, 6.07) is 0.892. The number of aromatic nitrogens is 3. The van der Waals surface area contributed by atoms with Crippen molar-refractivity contribution >= 4 is 23.4 Å². The number of anilines is 1. The quantitative estimate of drug-likeness (QED) is 0.375. The number of nitrogens with two attached hydrogens (primary N) is 1. The van der Waals surface area contributed by atoms with Gasteiger partial charge in [-0.15, -0.1) is 10.2 Å². The number of carbonyl (C=O) groups excluding carboxylic acids is 1. The number of hydrogen-bond acceptors (Lipinski definition) is 5. The fourth-order valence-corrected chi connectivity index (χ4v) is 4.04. The van der Waals surface area contributed by atoms with Crippen molar-refractivity contribution in [3.63, 3.8) is 0 Å². The zero-order valence-corrected chi connectivity index (χ0v) is 16.9. The van der Waals surface area contributed by atoms with E-state index >= 15 is 0 Å². The van der Waals surface area contributed by atoms with E-state index in [1.807, 2.05) is 0 Å². The Balaban J connectivity index is 1.68. The molecule has 0 atom stereocenters. The van der Waals surface area contributed by atoms with Crippen molar-refractivity contribution in [3.8, 4) is 0 Å². The van der Waals surface area contributed by atoms with Crippen LogP contribution in [0.1, 0.15) is 55.0 Å². The van der Waals surface area contributed by atoms with Gasteiger partial charge in [-0.3, -0.25) is 4.79 Å². The lowest BCUT2D eigenvalue weighted by Crippen LogP contribution is -2.20. The minimum absolute atomic E-state index is 0.00586. The summed E-state index contributed by atoms with van der Waals surface area (Å²) in [6.07, 6.45) is -4.89. The van der Waals surface area contributed by atoms with Gasteiger partial charge in [0.1, 0.15) is 0 Å². The summed E-state index contributed by atoms with van der Waals surface area (Å²) in [4.78, 5) is 12.1. The number of nitrogens with zero attached hydrogens (tertiary/aromatic N) is 3. The molecule has 1 amide bonds. The van der Waals surface area contributed by atoms with E-state index in [-0.39, 0.29) is 22.9 Å². The van der Waals surface area contributed by atoms with E-state index in [0.29, 0.717) is 18.0 Å².